The third kappa shape index (κ3) is 53.2. The van der Waals surface area contributed by atoms with E-state index in [9.17, 15) is 28.9 Å². The Hall–Kier alpha value is -3.60. The van der Waals surface area contributed by atoms with Gasteiger partial charge in [0.2, 0.25) is 0 Å². The number of rotatable bonds is 53. The van der Waals surface area contributed by atoms with Gasteiger partial charge >= 0.3 is 25.7 Å². The molecule has 0 aromatic carbocycles. The van der Waals surface area contributed by atoms with Crippen LogP contribution in [-0.4, -0.2) is 66.5 Å². The lowest BCUT2D eigenvalue weighted by Gasteiger charge is -2.21. The Kier molecular flexibility index (Phi) is 52.9. The predicted molar refractivity (Wildman–Crippen MR) is 307 cm³/mol. The van der Waals surface area contributed by atoms with Gasteiger partial charge in [0, 0.05) is 19.3 Å². The molecule has 11 nitrogen and oxygen atoms in total. The Morgan fingerprint density at radius 3 is 1.11 bits per heavy atom. The zero-order chi connectivity index (χ0) is 54.1. The second-order valence-corrected chi connectivity index (χ2v) is 20.5. The van der Waals surface area contributed by atoms with Gasteiger partial charge in [0.15, 0.2) is 6.10 Å². The number of phosphoric ester groups is 1. The van der Waals surface area contributed by atoms with Crippen LogP contribution in [0.3, 0.4) is 0 Å². The van der Waals surface area contributed by atoms with Gasteiger partial charge in [0.1, 0.15) is 12.7 Å². The Morgan fingerprint density at radius 1 is 0.392 bits per heavy atom. The number of hydrogen-bond acceptors (Lipinski definition) is 10. The van der Waals surface area contributed by atoms with E-state index in [-0.39, 0.29) is 25.9 Å². The van der Waals surface area contributed by atoms with Crippen molar-refractivity contribution in [3.8, 4) is 0 Å². The molecule has 12 heteroatoms. The number of phosphoric acid groups is 1. The molecule has 3 atom stereocenters. The number of esters is 3. The van der Waals surface area contributed by atoms with E-state index < -0.39 is 57.8 Å². The van der Waals surface area contributed by atoms with Crippen LogP contribution in [0.15, 0.2) is 97.2 Å². The summed E-state index contributed by atoms with van der Waals surface area (Å²) in [6, 6.07) is 0. The SMILES string of the molecule is CC/C=C\C/C=C\C/C=C\C/C=C\CCCCC(=O)OC(COC(=O)CCCCCCCCC/C=C\C/C=C\CCCCC)COP(=O)(O)OCC(CO)OC(=O)CCCCCCC/C=C\C/C=C\CCCCC. The molecule has 0 aliphatic carbocycles. The lowest BCUT2D eigenvalue weighted by atomic mass is 10.1. The topological polar surface area (TPSA) is 155 Å². The molecule has 0 bridgehead atoms. The average Bonchev–Trinajstić information content (AvgIpc) is 3.39. The van der Waals surface area contributed by atoms with Gasteiger partial charge in [-0.15, -0.1) is 0 Å². The fraction of sp³-hybridized carbons (Fsp3) is 0.694. The highest BCUT2D eigenvalue weighted by molar-refractivity contribution is 7.47. The number of allylic oxidation sites excluding steroid dienone is 16. The Bertz CT molecular complexity index is 1610. The van der Waals surface area contributed by atoms with Crippen molar-refractivity contribution < 1.29 is 52.2 Å². The van der Waals surface area contributed by atoms with E-state index in [1.54, 1.807) is 0 Å². The van der Waals surface area contributed by atoms with Crippen molar-refractivity contribution >= 4 is 25.7 Å². The third-order valence-corrected chi connectivity index (χ3v) is 12.9. The molecule has 0 saturated heterocycles. The summed E-state index contributed by atoms with van der Waals surface area (Å²) in [4.78, 5) is 48.5. The monoisotopic (exact) mass is 1060 g/mol. The Labute approximate surface area is 451 Å². The van der Waals surface area contributed by atoms with Gasteiger partial charge in [-0.05, 0) is 122 Å². The van der Waals surface area contributed by atoms with E-state index in [4.69, 9.17) is 23.3 Å². The quantitative estimate of drug-likeness (QED) is 0.0197. The zero-order valence-corrected chi connectivity index (χ0v) is 47.7. The largest absolute Gasteiger partial charge is 0.472 e. The van der Waals surface area contributed by atoms with Gasteiger partial charge in [-0.3, -0.25) is 23.4 Å². The van der Waals surface area contributed by atoms with E-state index in [0.29, 0.717) is 19.3 Å². The van der Waals surface area contributed by atoms with E-state index in [2.05, 4.69) is 118 Å². The summed E-state index contributed by atoms with van der Waals surface area (Å²) < 4.78 is 39.5. The first kappa shape index (κ1) is 70.4. The van der Waals surface area contributed by atoms with Crippen molar-refractivity contribution in [2.45, 2.75) is 251 Å². The summed E-state index contributed by atoms with van der Waals surface area (Å²) in [6.45, 7) is 4.40. The number of carbonyl (C=O) groups excluding carboxylic acids is 3. The highest BCUT2D eigenvalue weighted by Crippen LogP contribution is 2.43. The molecule has 0 radical (unpaired) electrons. The maximum absolute atomic E-state index is 12.9. The molecule has 0 saturated carbocycles. The minimum absolute atomic E-state index is 0.109. The van der Waals surface area contributed by atoms with Gasteiger partial charge in [-0.1, -0.05) is 195 Å². The Morgan fingerprint density at radius 2 is 0.703 bits per heavy atom. The maximum atomic E-state index is 12.9. The Balaban J connectivity index is 4.80. The molecule has 0 aliphatic heterocycles. The smallest absolute Gasteiger partial charge is 0.462 e. The normalized spacial score (nSPS) is 14.1. The van der Waals surface area contributed by atoms with Crippen molar-refractivity contribution in [3.63, 3.8) is 0 Å². The molecular weight excluding hydrogens is 952 g/mol. The van der Waals surface area contributed by atoms with Gasteiger partial charge in [-0.25, -0.2) is 4.57 Å². The third-order valence-electron chi connectivity index (χ3n) is 12.0. The summed E-state index contributed by atoms with van der Waals surface area (Å²) >= 11 is 0. The van der Waals surface area contributed by atoms with E-state index >= 15 is 0 Å². The van der Waals surface area contributed by atoms with Crippen molar-refractivity contribution in [1.82, 2.24) is 0 Å². The second kappa shape index (κ2) is 55.6. The fourth-order valence-electron chi connectivity index (χ4n) is 7.52. The first-order valence-corrected chi connectivity index (χ1v) is 30.6. The number of unbranched alkanes of at least 4 members (excludes halogenated alkanes) is 20. The van der Waals surface area contributed by atoms with Crippen LogP contribution in [0.4, 0.5) is 0 Å². The summed E-state index contributed by atoms with van der Waals surface area (Å²) in [5.41, 5.74) is 0. The van der Waals surface area contributed by atoms with Crippen LogP contribution in [-0.2, 0) is 42.2 Å². The van der Waals surface area contributed by atoms with Crippen molar-refractivity contribution in [2.24, 2.45) is 0 Å². The second-order valence-electron chi connectivity index (χ2n) is 19.1. The number of aliphatic hydroxyl groups excluding tert-OH is 1. The van der Waals surface area contributed by atoms with Crippen LogP contribution in [0.5, 0.6) is 0 Å². The molecule has 0 aromatic rings. The highest BCUT2D eigenvalue weighted by atomic mass is 31.2. The lowest BCUT2D eigenvalue weighted by Crippen LogP contribution is -2.30. The fourth-order valence-corrected chi connectivity index (χ4v) is 8.31. The molecule has 74 heavy (non-hydrogen) atoms. The number of carbonyl (C=O) groups is 3. The zero-order valence-electron chi connectivity index (χ0n) is 46.8. The first-order valence-electron chi connectivity index (χ1n) is 29.1. The van der Waals surface area contributed by atoms with Gasteiger partial charge in [0.25, 0.3) is 0 Å². The van der Waals surface area contributed by atoms with Crippen LogP contribution < -0.4 is 0 Å². The minimum Gasteiger partial charge on any atom is -0.462 e. The van der Waals surface area contributed by atoms with E-state index in [1.807, 2.05) is 0 Å². The van der Waals surface area contributed by atoms with E-state index in [0.717, 1.165) is 122 Å². The molecule has 424 valence electrons. The molecule has 3 unspecified atom stereocenters. The average molecular weight is 1060 g/mol. The number of aliphatic hydroxyl groups is 1. The van der Waals surface area contributed by atoms with Crippen LogP contribution in [0, 0.1) is 0 Å². The van der Waals surface area contributed by atoms with Gasteiger partial charge < -0.3 is 24.2 Å². The van der Waals surface area contributed by atoms with Crippen LogP contribution in [0.2, 0.25) is 0 Å². The van der Waals surface area contributed by atoms with Crippen LogP contribution >= 0.6 is 7.82 Å². The number of hydrogen-bond donors (Lipinski definition) is 2. The minimum atomic E-state index is -4.77. The summed E-state index contributed by atoms with van der Waals surface area (Å²) in [6.07, 6.45) is 65.1. The molecule has 0 fully saturated rings. The molecular formula is C62H105O11P. The van der Waals surface area contributed by atoms with Gasteiger partial charge in [-0.2, -0.15) is 0 Å². The molecule has 0 aliphatic rings. The molecule has 2 N–H and O–H groups in total. The van der Waals surface area contributed by atoms with E-state index in [1.165, 1.54) is 57.8 Å². The summed E-state index contributed by atoms with van der Waals surface area (Å²) in [5.74, 6) is -1.54. The van der Waals surface area contributed by atoms with Crippen molar-refractivity contribution in [2.75, 3.05) is 26.4 Å². The summed E-state index contributed by atoms with van der Waals surface area (Å²) in [5, 5.41) is 9.81. The predicted octanol–water partition coefficient (Wildman–Crippen LogP) is 17.3. The van der Waals surface area contributed by atoms with Crippen LogP contribution in [0.1, 0.15) is 239 Å². The summed E-state index contributed by atoms with van der Waals surface area (Å²) in [7, 11) is -4.77. The van der Waals surface area contributed by atoms with Gasteiger partial charge in [0.05, 0.1) is 19.8 Å². The molecule has 0 aromatic heterocycles. The van der Waals surface area contributed by atoms with Crippen molar-refractivity contribution in [1.29, 1.82) is 0 Å². The molecule has 0 spiro atoms. The highest BCUT2D eigenvalue weighted by Gasteiger charge is 2.28. The molecule has 0 amide bonds. The molecule has 0 rings (SSSR count). The number of ether oxygens (including phenoxy) is 3. The van der Waals surface area contributed by atoms with Crippen molar-refractivity contribution in [3.05, 3.63) is 97.2 Å². The maximum Gasteiger partial charge on any atom is 0.472 e. The standard InChI is InChI=1S/C62H105O11P/c1-4-7-10-13-16-19-22-25-28-29-32-33-36-39-42-45-48-51-60(64)69-55-59(73-62(66)53-50-47-44-41-38-35-31-27-24-21-18-15-12-9-6-3)57-71-74(67,68)70-56-58(54-63)72-61(65)52-49-46-43-40-37-34-30-26-23-20-17-14-11-8-5-2/h9,12,16-21,25-28,30-31,38,41,58-59,63H,4-8,10-11,13-15,22-24,29,32-37,39-40,42-57H2,1-3H3,(H,67,68)/b12-9-,19-16-,20-17-,21-18-,28-25-,30-26-,31-27-,41-38-. The first-order chi connectivity index (χ1) is 36.2. The van der Waals surface area contributed by atoms with Crippen LogP contribution in [0.25, 0.3) is 0 Å². The molecule has 0 heterocycles. The lowest BCUT2D eigenvalue weighted by molar-refractivity contribution is -0.161.